The van der Waals surface area contributed by atoms with Gasteiger partial charge in [0.2, 0.25) is 0 Å². The van der Waals surface area contributed by atoms with E-state index in [1.165, 1.54) is 0 Å². The molecule has 0 aliphatic carbocycles. The Morgan fingerprint density at radius 2 is 2.14 bits per heavy atom. The molecule has 3 rings (SSSR count). The van der Waals surface area contributed by atoms with E-state index in [2.05, 4.69) is 26.0 Å². The second-order valence-corrected chi connectivity index (χ2v) is 5.60. The molecule has 0 aliphatic rings. The van der Waals surface area contributed by atoms with Gasteiger partial charge in [0.1, 0.15) is 5.82 Å². The first-order valence-corrected chi connectivity index (χ1v) is 7.20. The minimum absolute atomic E-state index is 0.120. The summed E-state index contributed by atoms with van der Waals surface area (Å²) in [7, 11) is 1.72. The molecule has 0 aromatic carbocycles. The van der Waals surface area contributed by atoms with Gasteiger partial charge in [0.05, 0.1) is 21.7 Å². The number of amides is 1. The number of hydrogen-bond acceptors (Lipinski definition) is 3. The molecule has 3 aromatic heterocycles. The van der Waals surface area contributed by atoms with Crippen molar-refractivity contribution in [1.82, 2.24) is 14.6 Å². The van der Waals surface area contributed by atoms with Gasteiger partial charge in [-0.15, -0.1) is 0 Å². The van der Waals surface area contributed by atoms with Gasteiger partial charge in [0.25, 0.3) is 5.91 Å². The van der Waals surface area contributed by atoms with E-state index in [0.29, 0.717) is 11.4 Å². The summed E-state index contributed by atoms with van der Waals surface area (Å²) >= 11 is 3.41. The highest BCUT2D eigenvalue weighted by molar-refractivity contribution is 9.10. The molecule has 0 bridgehead atoms. The van der Waals surface area contributed by atoms with Crippen LogP contribution in [0, 0.1) is 6.92 Å². The Kier molecular flexibility index (Phi) is 3.47. The molecule has 0 radical (unpaired) electrons. The third-order valence-corrected chi connectivity index (χ3v) is 3.93. The maximum atomic E-state index is 12.6. The summed E-state index contributed by atoms with van der Waals surface area (Å²) in [4.78, 5) is 18.4. The van der Waals surface area contributed by atoms with Crippen molar-refractivity contribution in [2.75, 3.05) is 11.9 Å². The highest BCUT2D eigenvalue weighted by Gasteiger charge is 2.17. The lowest BCUT2D eigenvalue weighted by atomic mass is 10.2. The molecule has 3 heterocycles. The Morgan fingerprint density at radius 3 is 2.90 bits per heavy atom. The van der Waals surface area contributed by atoms with Crippen LogP contribution in [-0.2, 0) is 0 Å². The fourth-order valence-electron chi connectivity index (χ4n) is 2.20. The number of halogens is 1. The largest absolute Gasteiger partial charge is 0.296 e. The zero-order valence-electron chi connectivity index (χ0n) is 11.6. The summed E-state index contributed by atoms with van der Waals surface area (Å²) in [6.07, 6.45) is 5.10. The average molecular weight is 345 g/mol. The number of carbonyl (C=O) groups excluding carboxylic acids is 1. The molecule has 0 spiro atoms. The van der Waals surface area contributed by atoms with Gasteiger partial charge >= 0.3 is 0 Å². The lowest BCUT2D eigenvalue weighted by Gasteiger charge is -2.18. The summed E-state index contributed by atoms with van der Waals surface area (Å²) in [5, 5.41) is 4.19. The number of anilines is 1. The summed E-state index contributed by atoms with van der Waals surface area (Å²) in [5.74, 6) is 0.537. The fourth-order valence-corrected chi connectivity index (χ4v) is 2.60. The van der Waals surface area contributed by atoms with Gasteiger partial charge < -0.3 is 0 Å². The van der Waals surface area contributed by atoms with Gasteiger partial charge in [0, 0.05) is 19.4 Å². The first kappa shape index (κ1) is 13.8. The molecule has 0 aliphatic heterocycles. The minimum atomic E-state index is -0.120. The molecule has 21 heavy (non-hydrogen) atoms. The lowest BCUT2D eigenvalue weighted by molar-refractivity contribution is 0.0991. The Balaban J connectivity index is 1.98. The van der Waals surface area contributed by atoms with Gasteiger partial charge in [-0.3, -0.25) is 9.69 Å². The molecule has 0 saturated carbocycles. The van der Waals surface area contributed by atoms with Gasteiger partial charge in [0.15, 0.2) is 0 Å². The molecule has 0 saturated heterocycles. The van der Waals surface area contributed by atoms with E-state index in [9.17, 15) is 4.79 Å². The van der Waals surface area contributed by atoms with E-state index in [4.69, 9.17) is 0 Å². The van der Waals surface area contributed by atoms with Crippen molar-refractivity contribution in [3.8, 4) is 0 Å². The normalized spacial score (nSPS) is 10.8. The van der Waals surface area contributed by atoms with E-state index in [1.807, 2.05) is 25.1 Å². The maximum absolute atomic E-state index is 12.6. The fraction of sp³-hybridized carbons (Fsp3) is 0.133. The predicted molar refractivity (Wildman–Crippen MR) is 84.6 cm³/mol. The van der Waals surface area contributed by atoms with Crippen LogP contribution in [0.2, 0.25) is 0 Å². The third kappa shape index (κ3) is 2.42. The number of aromatic nitrogens is 3. The van der Waals surface area contributed by atoms with Crippen LogP contribution in [-0.4, -0.2) is 27.6 Å². The predicted octanol–water partition coefficient (Wildman–Crippen LogP) is 3.08. The smallest absolute Gasteiger partial charge is 0.260 e. The summed E-state index contributed by atoms with van der Waals surface area (Å²) in [6.45, 7) is 1.93. The van der Waals surface area contributed by atoms with Crippen molar-refractivity contribution in [2.24, 2.45) is 0 Å². The second kappa shape index (κ2) is 5.29. The van der Waals surface area contributed by atoms with E-state index in [0.717, 1.165) is 15.6 Å². The SMILES string of the molecule is Cc1cccnc1N(C)C(=O)c1ccc2c(Br)cnn2c1. The monoisotopic (exact) mass is 344 g/mol. The number of hydrogen-bond donors (Lipinski definition) is 0. The van der Waals surface area contributed by atoms with Crippen molar-refractivity contribution < 1.29 is 4.79 Å². The Labute approximate surface area is 130 Å². The highest BCUT2D eigenvalue weighted by Crippen LogP contribution is 2.20. The van der Waals surface area contributed by atoms with E-state index >= 15 is 0 Å². The molecule has 1 amide bonds. The molecule has 6 heteroatoms. The van der Waals surface area contributed by atoms with E-state index < -0.39 is 0 Å². The quantitative estimate of drug-likeness (QED) is 0.717. The Bertz CT molecular complexity index is 827. The maximum Gasteiger partial charge on any atom is 0.260 e. The standard InChI is InChI=1S/C15H13BrN4O/c1-10-4-3-7-17-14(10)19(2)15(21)11-5-6-13-12(16)8-18-20(13)9-11/h3-9H,1-2H3. The van der Waals surface area contributed by atoms with Crippen LogP contribution in [0.5, 0.6) is 0 Å². The minimum Gasteiger partial charge on any atom is -0.296 e. The second-order valence-electron chi connectivity index (χ2n) is 4.75. The van der Waals surface area contributed by atoms with Crippen LogP contribution in [0.4, 0.5) is 5.82 Å². The molecule has 5 nitrogen and oxygen atoms in total. The number of carbonyl (C=O) groups is 1. The van der Waals surface area contributed by atoms with Crippen LogP contribution >= 0.6 is 15.9 Å². The number of pyridine rings is 2. The lowest BCUT2D eigenvalue weighted by Crippen LogP contribution is -2.28. The molecule has 0 fully saturated rings. The van der Waals surface area contributed by atoms with Gasteiger partial charge in [-0.1, -0.05) is 6.07 Å². The van der Waals surface area contributed by atoms with Crippen molar-refractivity contribution in [3.05, 3.63) is 58.5 Å². The topological polar surface area (TPSA) is 50.5 Å². The van der Waals surface area contributed by atoms with Crippen molar-refractivity contribution in [1.29, 1.82) is 0 Å². The van der Waals surface area contributed by atoms with Crippen LogP contribution in [0.25, 0.3) is 5.52 Å². The van der Waals surface area contributed by atoms with Crippen LogP contribution < -0.4 is 4.90 Å². The molecule has 0 unspecified atom stereocenters. The molecular weight excluding hydrogens is 332 g/mol. The summed E-state index contributed by atoms with van der Waals surface area (Å²) < 4.78 is 2.58. The molecule has 106 valence electrons. The Morgan fingerprint density at radius 1 is 1.33 bits per heavy atom. The van der Waals surface area contributed by atoms with E-state index in [-0.39, 0.29) is 5.91 Å². The van der Waals surface area contributed by atoms with Crippen molar-refractivity contribution in [2.45, 2.75) is 6.92 Å². The van der Waals surface area contributed by atoms with Gasteiger partial charge in [-0.2, -0.15) is 5.10 Å². The molecule has 0 atom stereocenters. The molecule has 3 aromatic rings. The number of fused-ring (bicyclic) bond motifs is 1. The van der Waals surface area contributed by atoms with E-state index in [1.54, 1.807) is 41.1 Å². The van der Waals surface area contributed by atoms with Crippen LogP contribution in [0.3, 0.4) is 0 Å². The number of rotatable bonds is 2. The van der Waals surface area contributed by atoms with Crippen LogP contribution in [0.15, 0.2) is 47.3 Å². The number of aryl methyl sites for hydroxylation is 1. The molecule has 0 N–H and O–H groups in total. The average Bonchev–Trinajstić information content (AvgIpc) is 2.87. The zero-order valence-corrected chi connectivity index (χ0v) is 13.2. The van der Waals surface area contributed by atoms with Crippen LogP contribution in [0.1, 0.15) is 15.9 Å². The summed E-state index contributed by atoms with van der Waals surface area (Å²) in [5.41, 5.74) is 2.44. The van der Waals surface area contributed by atoms with Crippen molar-refractivity contribution >= 4 is 33.2 Å². The zero-order chi connectivity index (χ0) is 15.0. The van der Waals surface area contributed by atoms with Gasteiger partial charge in [-0.25, -0.2) is 9.50 Å². The highest BCUT2D eigenvalue weighted by atomic mass is 79.9. The Hall–Kier alpha value is -2.21. The van der Waals surface area contributed by atoms with Gasteiger partial charge in [-0.05, 0) is 46.6 Å². The number of nitrogens with zero attached hydrogens (tertiary/aromatic N) is 4. The van der Waals surface area contributed by atoms with Crippen molar-refractivity contribution in [3.63, 3.8) is 0 Å². The first-order valence-electron chi connectivity index (χ1n) is 6.40. The first-order chi connectivity index (χ1) is 10.1. The summed E-state index contributed by atoms with van der Waals surface area (Å²) in [6, 6.07) is 7.44. The third-order valence-electron chi connectivity index (χ3n) is 3.32. The molecular formula is C15H13BrN4O.